The summed E-state index contributed by atoms with van der Waals surface area (Å²) in [5, 5.41) is 0.254. The highest BCUT2D eigenvalue weighted by molar-refractivity contribution is 6.06. The van der Waals surface area contributed by atoms with Crippen LogP contribution in [0.1, 0.15) is 22.5 Å². The van der Waals surface area contributed by atoms with E-state index >= 15 is 0 Å². The molecule has 1 aliphatic heterocycles. The Morgan fingerprint density at radius 1 is 1.38 bits per heavy atom. The number of furan rings is 1. The Kier molecular flexibility index (Phi) is 4.96. The van der Waals surface area contributed by atoms with Gasteiger partial charge in [-0.1, -0.05) is 0 Å². The van der Waals surface area contributed by atoms with Gasteiger partial charge in [0.1, 0.15) is 17.5 Å². The highest BCUT2D eigenvalue weighted by Gasteiger charge is 2.27. The molecule has 3 heterocycles. The quantitative estimate of drug-likeness (QED) is 0.752. The molecule has 0 radical (unpaired) electrons. The van der Waals surface area contributed by atoms with Crippen molar-refractivity contribution in [1.29, 1.82) is 0 Å². The van der Waals surface area contributed by atoms with E-state index in [1.165, 1.54) is 10.9 Å². The van der Waals surface area contributed by atoms with Crippen LogP contribution in [-0.2, 0) is 16.0 Å². The third-order valence-corrected chi connectivity index (χ3v) is 4.11. The maximum Gasteiger partial charge on any atom is 0.265 e. The molecule has 1 aliphatic rings. The minimum absolute atomic E-state index is 0.205. The Morgan fingerprint density at radius 3 is 2.83 bits per heavy atom. The number of methoxy groups -OCH3 is 1. The first-order valence-electron chi connectivity index (χ1n) is 7.98. The molecule has 0 atom stereocenters. The first-order chi connectivity index (χ1) is 11.6. The van der Waals surface area contributed by atoms with Crippen molar-refractivity contribution >= 4 is 17.0 Å². The highest BCUT2D eigenvalue weighted by Crippen LogP contribution is 2.23. The van der Waals surface area contributed by atoms with E-state index in [-0.39, 0.29) is 22.6 Å². The molecule has 0 unspecified atom stereocenters. The number of fused-ring (bicyclic) bond motifs is 1. The molecule has 0 N–H and O–H groups in total. The number of aromatic nitrogens is 2. The lowest BCUT2D eigenvalue weighted by molar-refractivity contribution is 0.0303. The van der Waals surface area contributed by atoms with Crippen molar-refractivity contribution in [2.75, 3.05) is 40.0 Å². The van der Waals surface area contributed by atoms with Crippen LogP contribution in [0.2, 0.25) is 0 Å². The van der Waals surface area contributed by atoms with Crippen LogP contribution in [-0.4, -0.2) is 60.4 Å². The zero-order valence-corrected chi connectivity index (χ0v) is 13.9. The van der Waals surface area contributed by atoms with Crippen molar-refractivity contribution in [3.05, 3.63) is 28.0 Å². The largest absolute Gasteiger partial charge is 0.442 e. The fraction of sp³-hybridized carbons (Fsp3) is 0.562. The Balaban J connectivity index is 2.00. The van der Waals surface area contributed by atoms with Crippen molar-refractivity contribution in [2.24, 2.45) is 0 Å². The molecule has 0 saturated carbocycles. The monoisotopic (exact) mass is 335 g/mol. The molecule has 0 spiro atoms. The van der Waals surface area contributed by atoms with Gasteiger partial charge in [-0.2, -0.15) is 0 Å². The number of hydrogen-bond donors (Lipinski definition) is 0. The number of morpholine rings is 1. The van der Waals surface area contributed by atoms with Gasteiger partial charge in [0.05, 0.1) is 18.8 Å². The number of hydrogen-bond acceptors (Lipinski definition) is 6. The van der Waals surface area contributed by atoms with Gasteiger partial charge in [0.25, 0.3) is 11.5 Å². The van der Waals surface area contributed by atoms with Crippen LogP contribution in [0, 0.1) is 6.92 Å². The molecule has 24 heavy (non-hydrogen) atoms. The second-order valence-electron chi connectivity index (χ2n) is 5.71. The van der Waals surface area contributed by atoms with Crippen LogP contribution in [0.25, 0.3) is 11.1 Å². The van der Waals surface area contributed by atoms with Gasteiger partial charge >= 0.3 is 0 Å². The van der Waals surface area contributed by atoms with Crippen LogP contribution >= 0.6 is 0 Å². The summed E-state index contributed by atoms with van der Waals surface area (Å²) in [5.41, 5.74) is 0.257. The van der Waals surface area contributed by atoms with Crippen molar-refractivity contribution in [1.82, 2.24) is 14.5 Å². The van der Waals surface area contributed by atoms with E-state index in [9.17, 15) is 9.59 Å². The topological polar surface area (TPSA) is 86.8 Å². The molecule has 3 rings (SSSR count). The van der Waals surface area contributed by atoms with Crippen LogP contribution in [0.3, 0.4) is 0 Å². The van der Waals surface area contributed by atoms with E-state index < -0.39 is 0 Å². The second-order valence-corrected chi connectivity index (χ2v) is 5.71. The first-order valence-corrected chi connectivity index (χ1v) is 7.98. The second kappa shape index (κ2) is 7.14. The van der Waals surface area contributed by atoms with Crippen molar-refractivity contribution < 1.29 is 18.7 Å². The Bertz CT molecular complexity index is 789. The molecule has 130 valence electrons. The third kappa shape index (κ3) is 3.07. The van der Waals surface area contributed by atoms with Gasteiger partial charge in [-0.05, 0) is 13.3 Å². The van der Waals surface area contributed by atoms with E-state index in [0.717, 1.165) is 0 Å². The zero-order chi connectivity index (χ0) is 17.1. The molecule has 2 aromatic rings. The third-order valence-electron chi connectivity index (χ3n) is 4.11. The number of rotatable bonds is 5. The SMILES string of the molecule is COCCCn1cnc2oc(C)c(C(=O)N3CCOCC3)c2c1=O. The number of carbonyl (C=O) groups excluding carboxylic acids is 1. The molecule has 1 saturated heterocycles. The Labute approximate surface area is 139 Å². The fourth-order valence-electron chi connectivity index (χ4n) is 2.86. The van der Waals surface area contributed by atoms with E-state index in [4.69, 9.17) is 13.9 Å². The lowest BCUT2D eigenvalue weighted by atomic mass is 10.1. The molecule has 1 amide bonds. The minimum atomic E-state index is -0.260. The van der Waals surface area contributed by atoms with Gasteiger partial charge in [0.15, 0.2) is 0 Å². The summed E-state index contributed by atoms with van der Waals surface area (Å²) in [7, 11) is 1.61. The molecule has 2 aromatic heterocycles. The molecule has 0 aromatic carbocycles. The Morgan fingerprint density at radius 2 is 2.12 bits per heavy atom. The number of aryl methyl sites for hydroxylation is 2. The molecule has 0 bridgehead atoms. The molecular formula is C16H21N3O5. The normalized spacial score (nSPS) is 15.2. The van der Waals surface area contributed by atoms with Crippen molar-refractivity contribution in [3.8, 4) is 0 Å². The summed E-state index contributed by atoms with van der Waals surface area (Å²) >= 11 is 0. The van der Waals surface area contributed by atoms with Crippen LogP contribution in [0.5, 0.6) is 0 Å². The van der Waals surface area contributed by atoms with Crippen LogP contribution < -0.4 is 5.56 Å². The lowest BCUT2D eigenvalue weighted by Crippen LogP contribution is -2.41. The molecule has 0 aliphatic carbocycles. The highest BCUT2D eigenvalue weighted by atomic mass is 16.5. The average Bonchev–Trinajstić information content (AvgIpc) is 2.94. The summed E-state index contributed by atoms with van der Waals surface area (Å²) in [6.07, 6.45) is 2.14. The summed E-state index contributed by atoms with van der Waals surface area (Å²) in [5.74, 6) is 0.212. The standard InChI is InChI=1S/C16H21N3O5/c1-11-12(15(20)18-5-8-23-9-6-18)13-14(24-11)17-10-19(16(13)21)4-3-7-22-2/h10H,3-9H2,1-2H3. The van der Waals surface area contributed by atoms with Gasteiger partial charge in [-0.25, -0.2) is 4.98 Å². The first kappa shape index (κ1) is 16.7. The van der Waals surface area contributed by atoms with Gasteiger partial charge in [0.2, 0.25) is 5.71 Å². The molecular weight excluding hydrogens is 314 g/mol. The summed E-state index contributed by atoms with van der Waals surface area (Å²) in [4.78, 5) is 31.5. The number of amides is 1. The van der Waals surface area contributed by atoms with Gasteiger partial charge < -0.3 is 18.8 Å². The van der Waals surface area contributed by atoms with Crippen molar-refractivity contribution in [3.63, 3.8) is 0 Å². The number of ether oxygens (including phenoxy) is 2. The Hall–Kier alpha value is -2.19. The average molecular weight is 335 g/mol. The van der Waals surface area contributed by atoms with Crippen LogP contribution in [0.4, 0.5) is 0 Å². The predicted molar refractivity (Wildman–Crippen MR) is 86.2 cm³/mol. The van der Waals surface area contributed by atoms with Gasteiger partial charge in [-0.15, -0.1) is 0 Å². The minimum Gasteiger partial charge on any atom is -0.442 e. The van der Waals surface area contributed by atoms with E-state index in [1.54, 1.807) is 18.9 Å². The van der Waals surface area contributed by atoms with Gasteiger partial charge in [0, 0.05) is 33.4 Å². The molecule has 1 fully saturated rings. The summed E-state index contributed by atoms with van der Waals surface area (Å²) in [6.45, 7) is 4.73. The fourth-order valence-corrected chi connectivity index (χ4v) is 2.86. The van der Waals surface area contributed by atoms with Crippen LogP contribution in [0.15, 0.2) is 15.5 Å². The zero-order valence-electron chi connectivity index (χ0n) is 13.9. The van der Waals surface area contributed by atoms with E-state index in [1.807, 2.05) is 0 Å². The van der Waals surface area contributed by atoms with E-state index in [0.29, 0.717) is 57.2 Å². The maximum atomic E-state index is 12.8. The molecule has 8 nitrogen and oxygen atoms in total. The maximum absolute atomic E-state index is 12.8. The van der Waals surface area contributed by atoms with Gasteiger partial charge in [-0.3, -0.25) is 14.2 Å². The van der Waals surface area contributed by atoms with E-state index in [2.05, 4.69) is 4.98 Å². The summed E-state index contributed by atoms with van der Waals surface area (Å²) in [6, 6.07) is 0. The lowest BCUT2D eigenvalue weighted by Gasteiger charge is -2.26. The predicted octanol–water partition coefficient (Wildman–Crippen LogP) is 0.807. The number of carbonyl (C=O) groups is 1. The van der Waals surface area contributed by atoms with Crippen molar-refractivity contribution in [2.45, 2.75) is 19.9 Å². The summed E-state index contributed by atoms with van der Waals surface area (Å²) < 4.78 is 17.3. The molecule has 8 heteroatoms. The number of nitrogens with zero attached hydrogens (tertiary/aromatic N) is 3. The smallest absolute Gasteiger partial charge is 0.265 e.